The fourth-order valence-corrected chi connectivity index (χ4v) is 3.12. The molecule has 32 heavy (non-hydrogen) atoms. The first-order valence-corrected chi connectivity index (χ1v) is 10.4. The van der Waals surface area contributed by atoms with Crippen LogP contribution in [0, 0.1) is 0 Å². The maximum atomic E-state index is 12.9. The third-order valence-corrected chi connectivity index (χ3v) is 4.82. The van der Waals surface area contributed by atoms with Gasteiger partial charge in [0.05, 0.1) is 26.9 Å². The van der Waals surface area contributed by atoms with Gasteiger partial charge in [0.2, 0.25) is 0 Å². The highest BCUT2D eigenvalue weighted by atomic mass is 16.5. The highest BCUT2D eigenvalue weighted by Crippen LogP contribution is 2.16. The number of hydrogen-bond acceptors (Lipinski definition) is 5. The van der Waals surface area contributed by atoms with Crippen LogP contribution in [0.4, 0.5) is 10.5 Å². The highest BCUT2D eigenvalue weighted by Gasteiger charge is 2.14. The molecule has 7 heteroatoms. The Morgan fingerprint density at radius 2 is 1.75 bits per heavy atom. The van der Waals surface area contributed by atoms with Crippen molar-refractivity contribution in [3.8, 4) is 5.75 Å². The number of urea groups is 1. The van der Waals surface area contributed by atoms with Gasteiger partial charge in [0.1, 0.15) is 5.75 Å². The van der Waals surface area contributed by atoms with Crippen LogP contribution >= 0.6 is 0 Å². The minimum atomic E-state index is -0.192. The number of rotatable bonds is 11. The Kier molecular flexibility index (Phi) is 9.04. The molecule has 2 aromatic carbocycles. The lowest BCUT2D eigenvalue weighted by atomic mass is 10.2. The van der Waals surface area contributed by atoms with Crippen molar-refractivity contribution in [2.75, 3.05) is 32.7 Å². The SMILES string of the molecule is COCCN(Cc1cccnc1)C(=O)Nc1cccc(COCc2ccc(OC)cc2)c1. The van der Waals surface area contributed by atoms with E-state index in [2.05, 4.69) is 10.3 Å². The van der Waals surface area contributed by atoms with E-state index < -0.39 is 0 Å². The Hall–Kier alpha value is -3.42. The third kappa shape index (κ3) is 7.37. The van der Waals surface area contributed by atoms with E-state index in [0.29, 0.717) is 38.6 Å². The number of carbonyl (C=O) groups is 1. The molecule has 0 saturated heterocycles. The number of ether oxygens (including phenoxy) is 3. The molecule has 0 bridgehead atoms. The Bertz CT molecular complexity index is 964. The molecule has 0 radical (unpaired) electrons. The molecule has 7 nitrogen and oxygen atoms in total. The van der Waals surface area contributed by atoms with Crippen molar-refractivity contribution in [2.24, 2.45) is 0 Å². The number of pyridine rings is 1. The lowest BCUT2D eigenvalue weighted by Crippen LogP contribution is -2.36. The molecule has 0 fully saturated rings. The molecule has 0 unspecified atom stereocenters. The molecule has 0 aliphatic heterocycles. The first kappa shape index (κ1) is 23.2. The second-order valence-corrected chi connectivity index (χ2v) is 7.25. The minimum absolute atomic E-state index is 0.192. The number of anilines is 1. The first-order valence-electron chi connectivity index (χ1n) is 10.4. The van der Waals surface area contributed by atoms with E-state index in [0.717, 1.165) is 22.4 Å². The molecule has 0 saturated carbocycles. The molecule has 3 rings (SSSR count). The van der Waals surface area contributed by atoms with Crippen molar-refractivity contribution in [1.82, 2.24) is 9.88 Å². The van der Waals surface area contributed by atoms with Crippen LogP contribution in [-0.2, 0) is 29.2 Å². The summed E-state index contributed by atoms with van der Waals surface area (Å²) in [5.74, 6) is 0.820. The molecule has 2 amide bonds. The number of methoxy groups -OCH3 is 2. The number of hydrogen-bond donors (Lipinski definition) is 1. The lowest BCUT2D eigenvalue weighted by molar-refractivity contribution is 0.107. The van der Waals surface area contributed by atoms with Crippen molar-refractivity contribution in [3.05, 3.63) is 89.7 Å². The predicted molar refractivity (Wildman–Crippen MR) is 123 cm³/mol. The molecular formula is C25H29N3O4. The summed E-state index contributed by atoms with van der Waals surface area (Å²) in [5, 5.41) is 2.97. The number of benzene rings is 2. The van der Waals surface area contributed by atoms with Crippen molar-refractivity contribution in [2.45, 2.75) is 19.8 Å². The second kappa shape index (κ2) is 12.4. The van der Waals surface area contributed by atoms with Crippen molar-refractivity contribution < 1.29 is 19.0 Å². The summed E-state index contributed by atoms with van der Waals surface area (Å²) < 4.78 is 16.2. The number of nitrogens with one attached hydrogen (secondary N) is 1. The Morgan fingerprint density at radius 1 is 0.969 bits per heavy atom. The maximum Gasteiger partial charge on any atom is 0.322 e. The van der Waals surface area contributed by atoms with Gasteiger partial charge in [0.15, 0.2) is 0 Å². The minimum Gasteiger partial charge on any atom is -0.497 e. The van der Waals surface area contributed by atoms with Gasteiger partial charge in [-0.05, 0) is 47.0 Å². The first-order chi connectivity index (χ1) is 15.7. The van der Waals surface area contributed by atoms with Crippen LogP contribution in [-0.4, -0.2) is 43.3 Å². The third-order valence-electron chi connectivity index (χ3n) is 4.82. The van der Waals surface area contributed by atoms with Gasteiger partial charge in [0, 0.05) is 38.3 Å². The van der Waals surface area contributed by atoms with Gasteiger partial charge in [-0.15, -0.1) is 0 Å². The van der Waals surface area contributed by atoms with E-state index in [1.165, 1.54) is 0 Å². The molecule has 1 aromatic heterocycles. The van der Waals surface area contributed by atoms with Crippen molar-refractivity contribution >= 4 is 11.7 Å². The van der Waals surface area contributed by atoms with E-state index in [4.69, 9.17) is 14.2 Å². The zero-order valence-electron chi connectivity index (χ0n) is 18.5. The van der Waals surface area contributed by atoms with Gasteiger partial charge >= 0.3 is 6.03 Å². The summed E-state index contributed by atoms with van der Waals surface area (Å²) in [6.45, 7) is 2.32. The van der Waals surface area contributed by atoms with E-state index in [1.807, 2.05) is 60.7 Å². The number of amides is 2. The van der Waals surface area contributed by atoms with Gasteiger partial charge in [-0.3, -0.25) is 4.98 Å². The summed E-state index contributed by atoms with van der Waals surface area (Å²) in [7, 11) is 3.27. The number of carbonyl (C=O) groups excluding carboxylic acids is 1. The van der Waals surface area contributed by atoms with Crippen molar-refractivity contribution in [1.29, 1.82) is 0 Å². The normalized spacial score (nSPS) is 10.6. The highest BCUT2D eigenvalue weighted by molar-refractivity contribution is 5.89. The van der Waals surface area contributed by atoms with E-state index in [-0.39, 0.29) is 6.03 Å². The summed E-state index contributed by atoms with van der Waals surface area (Å²) >= 11 is 0. The Morgan fingerprint density at radius 3 is 2.47 bits per heavy atom. The van der Waals surface area contributed by atoms with Gasteiger partial charge in [-0.1, -0.05) is 30.3 Å². The average molecular weight is 436 g/mol. The van der Waals surface area contributed by atoms with Gasteiger partial charge in [0.25, 0.3) is 0 Å². The average Bonchev–Trinajstić information content (AvgIpc) is 2.83. The summed E-state index contributed by atoms with van der Waals surface area (Å²) in [6, 6.07) is 19.1. The fourth-order valence-electron chi connectivity index (χ4n) is 3.12. The van der Waals surface area contributed by atoms with Crippen LogP contribution in [0.15, 0.2) is 73.1 Å². The van der Waals surface area contributed by atoms with E-state index in [9.17, 15) is 4.79 Å². The second-order valence-electron chi connectivity index (χ2n) is 7.25. The smallest absolute Gasteiger partial charge is 0.322 e. The van der Waals surface area contributed by atoms with Crippen LogP contribution in [0.5, 0.6) is 5.75 Å². The quantitative estimate of drug-likeness (QED) is 0.481. The molecule has 0 aliphatic carbocycles. The molecular weight excluding hydrogens is 406 g/mol. The molecule has 0 aliphatic rings. The fraction of sp³-hybridized carbons (Fsp3) is 0.280. The molecule has 168 valence electrons. The summed E-state index contributed by atoms with van der Waals surface area (Å²) in [5.41, 5.74) is 3.72. The van der Waals surface area contributed by atoms with Crippen LogP contribution in [0.25, 0.3) is 0 Å². The number of aromatic nitrogens is 1. The lowest BCUT2D eigenvalue weighted by Gasteiger charge is -2.23. The van der Waals surface area contributed by atoms with E-state index >= 15 is 0 Å². The maximum absolute atomic E-state index is 12.9. The Balaban J connectivity index is 1.55. The predicted octanol–water partition coefficient (Wildman–Crippen LogP) is 4.49. The van der Waals surface area contributed by atoms with Crippen LogP contribution in [0.2, 0.25) is 0 Å². The summed E-state index contributed by atoms with van der Waals surface area (Å²) in [6.07, 6.45) is 3.47. The van der Waals surface area contributed by atoms with Gasteiger partial charge in [-0.2, -0.15) is 0 Å². The number of nitrogens with zero attached hydrogens (tertiary/aromatic N) is 2. The van der Waals surface area contributed by atoms with E-state index in [1.54, 1.807) is 31.5 Å². The van der Waals surface area contributed by atoms with Gasteiger partial charge < -0.3 is 24.4 Å². The monoisotopic (exact) mass is 435 g/mol. The Labute approximate surface area is 188 Å². The van der Waals surface area contributed by atoms with Crippen LogP contribution in [0.1, 0.15) is 16.7 Å². The zero-order chi connectivity index (χ0) is 22.6. The topological polar surface area (TPSA) is 72.9 Å². The molecule has 1 heterocycles. The molecule has 0 atom stereocenters. The van der Waals surface area contributed by atoms with Gasteiger partial charge in [-0.25, -0.2) is 4.79 Å². The largest absolute Gasteiger partial charge is 0.497 e. The standard InChI is InChI=1S/C25H29N3O4/c1-30-14-13-28(17-22-6-4-12-26-16-22)25(29)27-23-7-3-5-21(15-23)19-32-18-20-8-10-24(31-2)11-9-20/h3-12,15-16H,13-14,17-19H2,1-2H3,(H,27,29). The molecule has 3 aromatic rings. The van der Waals surface area contributed by atoms with Crippen molar-refractivity contribution in [3.63, 3.8) is 0 Å². The summed E-state index contributed by atoms with van der Waals surface area (Å²) in [4.78, 5) is 18.7. The molecule has 1 N–H and O–H groups in total. The molecule has 0 spiro atoms. The zero-order valence-corrected chi connectivity index (χ0v) is 18.5. The van der Waals surface area contributed by atoms with Crippen LogP contribution in [0.3, 0.4) is 0 Å². The van der Waals surface area contributed by atoms with Crippen LogP contribution < -0.4 is 10.1 Å².